The number of fused-ring (bicyclic) bond motifs is 1. The van der Waals surface area contributed by atoms with Crippen molar-refractivity contribution < 1.29 is 26.7 Å². The van der Waals surface area contributed by atoms with Gasteiger partial charge in [0.15, 0.2) is 11.5 Å². The van der Waals surface area contributed by atoms with Crippen molar-refractivity contribution in [2.75, 3.05) is 29.4 Å². The number of nitrogens with zero attached hydrogens (tertiary/aromatic N) is 8. The lowest BCUT2D eigenvalue weighted by atomic mass is 9.86. The minimum Gasteiger partial charge on any atom is -0.356 e. The normalized spacial score (nSPS) is 21.1. The number of aromatic nitrogens is 6. The van der Waals surface area contributed by atoms with Gasteiger partial charge in [-0.25, -0.2) is 33.4 Å². The van der Waals surface area contributed by atoms with E-state index in [0.717, 1.165) is 10.7 Å². The molecular formula is C20H19F5N8O. The largest absolute Gasteiger partial charge is 0.433 e. The quantitative estimate of drug-likeness (QED) is 0.528. The Morgan fingerprint density at radius 2 is 1.91 bits per heavy atom. The molecular weight excluding hydrogens is 463 g/mol. The van der Waals surface area contributed by atoms with Crippen LogP contribution in [0.3, 0.4) is 0 Å². The first-order valence-corrected chi connectivity index (χ1v) is 10.5. The van der Waals surface area contributed by atoms with Crippen molar-refractivity contribution in [3.05, 3.63) is 30.0 Å². The molecule has 5 heterocycles. The molecule has 1 amide bonds. The van der Waals surface area contributed by atoms with Crippen molar-refractivity contribution in [2.24, 2.45) is 5.41 Å². The van der Waals surface area contributed by atoms with Gasteiger partial charge >= 0.3 is 6.18 Å². The maximum absolute atomic E-state index is 13.2. The number of aryl methyl sites for hydroxylation is 1. The molecule has 1 atom stereocenters. The number of halogens is 5. The van der Waals surface area contributed by atoms with E-state index in [1.54, 1.807) is 4.90 Å². The molecule has 3 aromatic heterocycles. The highest BCUT2D eigenvalue weighted by Crippen LogP contribution is 2.43. The van der Waals surface area contributed by atoms with Gasteiger partial charge in [0.2, 0.25) is 5.91 Å². The average Bonchev–Trinajstić information content (AvgIpc) is 3.44. The zero-order valence-corrected chi connectivity index (χ0v) is 17.9. The minimum absolute atomic E-state index is 0.0129. The van der Waals surface area contributed by atoms with Crippen LogP contribution in [0.4, 0.5) is 33.6 Å². The van der Waals surface area contributed by atoms with E-state index >= 15 is 0 Å². The lowest BCUT2D eigenvalue weighted by Gasteiger charge is -2.24. The van der Waals surface area contributed by atoms with E-state index in [2.05, 4.69) is 25.0 Å². The van der Waals surface area contributed by atoms with E-state index in [-0.39, 0.29) is 42.0 Å². The molecule has 3 aromatic rings. The second-order valence-corrected chi connectivity index (χ2v) is 8.64. The summed E-state index contributed by atoms with van der Waals surface area (Å²) in [6, 6.07) is 0.921. The molecule has 2 aliphatic heterocycles. The Hall–Kier alpha value is -3.45. The van der Waals surface area contributed by atoms with E-state index in [9.17, 15) is 26.7 Å². The van der Waals surface area contributed by atoms with Crippen LogP contribution in [0.25, 0.3) is 11.2 Å². The maximum atomic E-state index is 13.2. The third-order valence-electron chi connectivity index (χ3n) is 6.12. The van der Waals surface area contributed by atoms with Crippen molar-refractivity contribution in [2.45, 2.75) is 38.9 Å². The van der Waals surface area contributed by atoms with Gasteiger partial charge in [0.05, 0.1) is 12.4 Å². The van der Waals surface area contributed by atoms with E-state index in [1.165, 1.54) is 24.2 Å². The third kappa shape index (κ3) is 4.01. The highest BCUT2D eigenvalue weighted by molar-refractivity contribution is 5.96. The lowest BCUT2D eigenvalue weighted by molar-refractivity contribution is -0.141. The van der Waals surface area contributed by atoms with Crippen molar-refractivity contribution in [3.63, 3.8) is 0 Å². The second kappa shape index (κ2) is 7.81. The number of carbonyl (C=O) groups is 1. The highest BCUT2D eigenvalue weighted by atomic mass is 19.4. The van der Waals surface area contributed by atoms with Gasteiger partial charge in [0.25, 0.3) is 6.43 Å². The van der Waals surface area contributed by atoms with Crippen molar-refractivity contribution >= 4 is 28.7 Å². The van der Waals surface area contributed by atoms with E-state index < -0.39 is 30.3 Å². The fourth-order valence-corrected chi connectivity index (χ4v) is 4.60. The van der Waals surface area contributed by atoms with E-state index in [0.29, 0.717) is 25.0 Å². The van der Waals surface area contributed by atoms with Gasteiger partial charge in [-0.1, -0.05) is 0 Å². The summed E-state index contributed by atoms with van der Waals surface area (Å²) in [5.41, 5.74) is -1.04. The molecule has 5 rings (SSSR count). The molecule has 0 bridgehead atoms. The monoisotopic (exact) mass is 482 g/mol. The number of hydrogen-bond acceptors (Lipinski definition) is 7. The van der Waals surface area contributed by atoms with Gasteiger partial charge in [0, 0.05) is 37.5 Å². The van der Waals surface area contributed by atoms with Gasteiger partial charge in [-0.3, -0.25) is 9.69 Å². The fourth-order valence-electron chi connectivity index (χ4n) is 4.60. The molecule has 0 aliphatic carbocycles. The predicted molar refractivity (Wildman–Crippen MR) is 109 cm³/mol. The number of alkyl halides is 5. The van der Waals surface area contributed by atoms with Crippen LogP contribution >= 0.6 is 0 Å². The fraction of sp³-hybridized carbons (Fsp3) is 0.500. The summed E-state index contributed by atoms with van der Waals surface area (Å²) in [5.74, 6) is 0.185. The SMILES string of the molecule is Cc1nc(N2CCC3(CC(=O)N(c4cnc5cnn(CC(F)F)c5n4)C3)C2)cc(C(F)(F)F)n1. The van der Waals surface area contributed by atoms with E-state index in [1.807, 2.05) is 0 Å². The first-order valence-electron chi connectivity index (χ1n) is 10.5. The van der Waals surface area contributed by atoms with Gasteiger partial charge < -0.3 is 4.90 Å². The van der Waals surface area contributed by atoms with Crippen LogP contribution in [-0.2, 0) is 17.5 Å². The highest BCUT2D eigenvalue weighted by Gasteiger charge is 2.49. The molecule has 34 heavy (non-hydrogen) atoms. The lowest BCUT2D eigenvalue weighted by Crippen LogP contribution is -2.32. The van der Waals surface area contributed by atoms with Crippen molar-refractivity contribution in [3.8, 4) is 0 Å². The molecule has 9 nitrogen and oxygen atoms in total. The van der Waals surface area contributed by atoms with Gasteiger partial charge in [-0.15, -0.1) is 0 Å². The number of amides is 1. The number of rotatable bonds is 4. The second-order valence-electron chi connectivity index (χ2n) is 8.64. The Labute approximate surface area is 189 Å². The molecule has 0 saturated carbocycles. The zero-order chi connectivity index (χ0) is 24.3. The zero-order valence-electron chi connectivity index (χ0n) is 17.9. The molecule has 2 aliphatic rings. The summed E-state index contributed by atoms with van der Waals surface area (Å²) in [6.45, 7) is 1.80. The van der Waals surface area contributed by atoms with Gasteiger partial charge in [-0.2, -0.15) is 18.3 Å². The van der Waals surface area contributed by atoms with Crippen molar-refractivity contribution in [1.82, 2.24) is 29.7 Å². The summed E-state index contributed by atoms with van der Waals surface area (Å²) in [7, 11) is 0. The Morgan fingerprint density at radius 3 is 2.65 bits per heavy atom. The number of carbonyl (C=O) groups excluding carboxylic acids is 1. The van der Waals surface area contributed by atoms with E-state index in [4.69, 9.17) is 0 Å². The van der Waals surface area contributed by atoms with Crippen LogP contribution in [0.5, 0.6) is 0 Å². The Balaban J connectivity index is 1.38. The average molecular weight is 482 g/mol. The van der Waals surface area contributed by atoms with Crippen LogP contribution in [0.1, 0.15) is 24.4 Å². The summed E-state index contributed by atoms with van der Waals surface area (Å²) < 4.78 is 66.3. The number of hydrogen-bond donors (Lipinski definition) is 0. The van der Waals surface area contributed by atoms with Crippen LogP contribution in [0.2, 0.25) is 0 Å². The summed E-state index contributed by atoms with van der Waals surface area (Å²) >= 11 is 0. The van der Waals surface area contributed by atoms with Crippen LogP contribution in [0.15, 0.2) is 18.5 Å². The van der Waals surface area contributed by atoms with Crippen LogP contribution in [0, 0.1) is 12.3 Å². The Morgan fingerprint density at radius 1 is 1.12 bits per heavy atom. The summed E-state index contributed by atoms with van der Waals surface area (Å²) in [5, 5.41) is 3.88. The molecule has 14 heteroatoms. The van der Waals surface area contributed by atoms with Crippen LogP contribution < -0.4 is 9.80 Å². The molecule has 0 aromatic carbocycles. The molecule has 180 valence electrons. The Kier molecular flexibility index (Phi) is 5.13. The minimum atomic E-state index is -4.59. The maximum Gasteiger partial charge on any atom is 0.433 e. The molecule has 2 fully saturated rings. The summed E-state index contributed by atoms with van der Waals surface area (Å²) in [6.07, 6.45) is -3.75. The standard InChI is InChI=1S/C20H19F5N8O/c1-11-28-13(20(23,24)25)4-15(29-11)31-3-2-19(9-31)5-17(34)32(10-19)16-7-26-12-6-27-33(8-14(21)22)18(12)30-16/h4,6-7,14H,2-3,5,8-10H2,1H3. The molecule has 2 saturated heterocycles. The predicted octanol–water partition coefficient (Wildman–Crippen LogP) is 2.84. The first-order chi connectivity index (χ1) is 16.0. The molecule has 0 N–H and O–H groups in total. The Bertz CT molecular complexity index is 1260. The first kappa shape index (κ1) is 22.3. The van der Waals surface area contributed by atoms with Crippen LogP contribution in [-0.4, -0.2) is 61.7 Å². The summed E-state index contributed by atoms with van der Waals surface area (Å²) in [4.78, 5) is 32.2. The van der Waals surface area contributed by atoms with Crippen molar-refractivity contribution in [1.29, 1.82) is 0 Å². The van der Waals surface area contributed by atoms with Gasteiger partial charge in [-0.05, 0) is 13.3 Å². The smallest absolute Gasteiger partial charge is 0.356 e. The van der Waals surface area contributed by atoms with Gasteiger partial charge in [0.1, 0.15) is 29.4 Å². The topological polar surface area (TPSA) is 92.9 Å². The molecule has 1 unspecified atom stereocenters. The molecule has 0 radical (unpaired) electrons. The third-order valence-corrected chi connectivity index (χ3v) is 6.12. The number of anilines is 2. The molecule has 1 spiro atoms.